The Kier molecular flexibility index (Phi) is 4.55. The molecule has 1 fully saturated rings. The van der Waals surface area contributed by atoms with Crippen molar-refractivity contribution in [2.24, 2.45) is 0 Å². The third-order valence-corrected chi connectivity index (χ3v) is 3.79. The molecule has 1 aromatic rings. The van der Waals surface area contributed by atoms with Crippen LogP contribution in [0.5, 0.6) is 0 Å². The van der Waals surface area contributed by atoms with E-state index in [9.17, 15) is 13.2 Å². The monoisotopic (exact) mass is 287 g/mol. The molecule has 112 valence electrons. The number of alkyl halides is 3. The van der Waals surface area contributed by atoms with E-state index in [0.717, 1.165) is 12.1 Å². The number of nitrogen functional groups attached to an aromatic ring is 1. The molecule has 0 aliphatic carbocycles. The van der Waals surface area contributed by atoms with Crippen LogP contribution in [0.4, 0.5) is 18.9 Å². The summed E-state index contributed by atoms with van der Waals surface area (Å²) < 4.78 is 38.0. The fourth-order valence-electron chi connectivity index (χ4n) is 2.47. The molecular formula is C14H20F3N3. The first-order chi connectivity index (χ1) is 9.36. The van der Waals surface area contributed by atoms with Crippen LogP contribution in [0.3, 0.4) is 0 Å². The number of nitrogens with two attached hydrogens (primary N) is 1. The lowest BCUT2D eigenvalue weighted by Crippen LogP contribution is -2.53. The van der Waals surface area contributed by atoms with Gasteiger partial charge in [0.1, 0.15) is 6.04 Å². The summed E-state index contributed by atoms with van der Waals surface area (Å²) in [6.07, 6.45) is -4.14. The maximum absolute atomic E-state index is 12.7. The number of benzene rings is 1. The van der Waals surface area contributed by atoms with Crippen molar-refractivity contribution in [3.8, 4) is 0 Å². The average Bonchev–Trinajstić information content (AvgIpc) is 2.38. The predicted molar refractivity (Wildman–Crippen MR) is 73.2 cm³/mol. The van der Waals surface area contributed by atoms with Gasteiger partial charge in [-0.3, -0.25) is 9.80 Å². The minimum atomic E-state index is -4.14. The molecule has 2 rings (SSSR count). The van der Waals surface area contributed by atoms with Crippen molar-refractivity contribution in [1.82, 2.24) is 9.80 Å². The van der Waals surface area contributed by atoms with Gasteiger partial charge in [-0.1, -0.05) is 12.1 Å². The summed E-state index contributed by atoms with van der Waals surface area (Å²) in [5.41, 5.74) is 7.54. The topological polar surface area (TPSA) is 32.5 Å². The van der Waals surface area contributed by atoms with Crippen molar-refractivity contribution in [2.45, 2.75) is 25.7 Å². The van der Waals surface area contributed by atoms with E-state index in [1.54, 1.807) is 0 Å². The lowest BCUT2D eigenvalue weighted by Gasteiger charge is -2.38. The molecular weight excluding hydrogens is 267 g/mol. The summed E-state index contributed by atoms with van der Waals surface area (Å²) in [4.78, 5) is 3.66. The Bertz CT molecular complexity index is 440. The van der Waals surface area contributed by atoms with Crippen LogP contribution >= 0.6 is 0 Å². The van der Waals surface area contributed by atoms with Gasteiger partial charge < -0.3 is 5.73 Å². The van der Waals surface area contributed by atoms with Gasteiger partial charge in [-0.25, -0.2) is 0 Å². The minimum Gasteiger partial charge on any atom is -0.399 e. The highest BCUT2D eigenvalue weighted by Gasteiger charge is 2.40. The van der Waals surface area contributed by atoms with E-state index in [1.165, 1.54) is 11.8 Å². The molecule has 0 saturated carbocycles. The molecule has 0 spiro atoms. The maximum atomic E-state index is 12.7. The molecule has 0 aromatic heterocycles. The first-order valence-electron chi connectivity index (χ1n) is 6.74. The normalized spacial score (nSPS) is 20.0. The van der Waals surface area contributed by atoms with Gasteiger partial charge >= 0.3 is 6.18 Å². The van der Waals surface area contributed by atoms with Crippen LogP contribution in [0.2, 0.25) is 0 Å². The highest BCUT2D eigenvalue weighted by molar-refractivity contribution is 5.40. The van der Waals surface area contributed by atoms with Crippen molar-refractivity contribution in [3.05, 3.63) is 29.8 Å². The van der Waals surface area contributed by atoms with Crippen LogP contribution in [0.25, 0.3) is 0 Å². The average molecular weight is 287 g/mol. The molecule has 1 atom stereocenters. The van der Waals surface area contributed by atoms with E-state index in [-0.39, 0.29) is 0 Å². The first-order valence-corrected chi connectivity index (χ1v) is 6.74. The Morgan fingerprint density at radius 1 is 1.20 bits per heavy atom. The molecule has 1 aliphatic heterocycles. The number of halogens is 3. The van der Waals surface area contributed by atoms with Gasteiger partial charge in [-0.2, -0.15) is 13.2 Å². The SMILES string of the molecule is CC(N1CCN(Cc2cccc(N)c2)CC1)C(F)(F)F. The summed E-state index contributed by atoms with van der Waals surface area (Å²) in [7, 11) is 0. The molecule has 1 aliphatic rings. The van der Waals surface area contributed by atoms with Crippen LogP contribution in [0, 0.1) is 0 Å². The summed E-state index contributed by atoms with van der Waals surface area (Å²) >= 11 is 0. The van der Waals surface area contributed by atoms with Crippen molar-refractivity contribution in [3.63, 3.8) is 0 Å². The van der Waals surface area contributed by atoms with Crippen molar-refractivity contribution in [2.75, 3.05) is 31.9 Å². The van der Waals surface area contributed by atoms with Gasteiger partial charge in [-0.15, -0.1) is 0 Å². The standard InChI is InChI=1S/C14H20F3N3/c1-11(14(15,16)17)20-7-5-19(6-8-20)10-12-3-2-4-13(18)9-12/h2-4,9,11H,5-8,10,18H2,1H3. The van der Waals surface area contributed by atoms with Crippen LogP contribution in [0.1, 0.15) is 12.5 Å². The van der Waals surface area contributed by atoms with Crippen molar-refractivity contribution < 1.29 is 13.2 Å². The largest absolute Gasteiger partial charge is 0.403 e. The molecule has 3 nitrogen and oxygen atoms in total. The second-order valence-electron chi connectivity index (χ2n) is 5.27. The Hall–Kier alpha value is -1.27. The van der Waals surface area contributed by atoms with Gasteiger partial charge in [0.25, 0.3) is 0 Å². The Morgan fingerprint density at radius 2 is 1.85 bits per heavy atom. The Labute approximate surface area is 117 Å². The lowest BCUT2D eigenvalue weighted by molar-refractivity contribution is -0.182. The highest BCUT2D eigenvalue weighted by Crippen LogP contribution is 2.25. The van der Waals surface area contributed by atoms with Crippen LogP contribution in [-0.4, -0.2) is 48.2 Å². The van der Waals surface area contributed by atoms with E-state index in [1.807, 2.05) is 24.3 Å². The van der Waals surface area contributed by atoms with Crippen LogP contribution in [0.15, 0.2) is 24.3 Å². The number of rotatable bonds is 3. The van der Waals surface area contributed by atoms with E-state index >= 15 is 0 Å². The van der Waals surface area contributed by atoms with Gasteiger partial charge in [0, 0.05) is 38.4 Å². The number of piperazine rings is 1. The zero-order valence-corrected chi connectivity index (χ0v) is 11.5. The highest BCUT2D eigenvalue weighted by atomic mass is 19.4. The molecule has 0 bridgehead atoms. The Morgan fingerprint density at radius 3 is 2.40 bits per heavy atom. The molecule has 6 heteroatoms. The smallest absolute Gasteiger partial charge is 0.399 e. The third-order valence-electron chi connectivity index (χ3n) is 3.79. The van der Waals surface area contributed by atoms with Crippen LogP contribution < -0.4 is 5.73 Å². The quantitative estimate of drug-likeness (QED) is 0.866. The summed E-state index contributed by atoms with van der Waals surface area (Å²) in [6, 6.07) is 6.25. The fraction of sp³-hybridized carbons (Fsp3) is 0.571. The van der Waals surface area contributed by atoms with Gasteiger partial charge in [-0.05, 0) is 24.6 Å². The molecule has 0 amide bonds. The number of nitrogens with zero attached hydrogens (tertiary/aromatic N) is 2. The lowest BCUT2D eigenvalue weighted by atomic mass is 10.1. The molecule has 1 unspecified atom stereocenters. The fourth-order valence-corrected chi connectivity index (χ4v) is 2.47. The summed E-state index contributed by atoms with van der Waals surface area (Å²) in [5.74, 6) is 0. The predicted octanol–water partition coefficient (Wildman–Crippen LogP) is 2.34. The van der Waals surface area contributed by atoms with Gasteiger partial charge in [0.15, 0.2) is 0 Å². The number of hydrogen-bond acceptors (Lipinski definition) is 3. The maximum Gasteiger partial charge on any atom is 0.403 e. The number of hydrogen-bond donors (Lipinski definition) is 1. The van der Waals surface area contributed by atoms with Gasteiger partial charge in [0.05, 0.1) is 0 Å². The zero-order chi connectivity index (χ0) is 14.8. The Balaban J connectivity index is 1.86. The number of anilines is 1. The van der Waals surface area contributed by atoms with E-state index in [2.05, 4.69) is 4.90 Å². The molecule has 0 radical (unpaired) electrons. The zero-order valence-electron chi connectivity index (χ0n) is 11.5. The summed E-state index contributed by atoms with van der Waals surface area (Å²) in [5, 5.41) is 0. The second kappa shape index (κ2) is 6.01. The van der Waals surface area contributed by atoms with E-state index in [0.29, 0.717) is 31.9 Å². The molecule has 1 aromatic carbocycles. The van der Waals surface area contributed by atoms with Gasteiger partial charge in [0.2, 0.25) is 0 Å². The first kappa shape index (κ1) is 15.1. The van der Waals surface area contributed by atoms with Crippen LogP contribution in [-0.2, 0) is 6.54 Å². The van der Waals surface area contributed by atoms with E-state index < -0.39 is 12.2 Å². The van der Waals surface area contributed by atoms with E-state index in [4.69, 9.17) is 5.73 Å². The molecule has 20 heavy (non-hydrogen) atoms. The minimum absolute atomic E-state index is 0.447. The summed E-state index contributed by atoms with van der Waals surface area (Å²) in [6.45, 7) is 4.16. The molecule has 1 saturated heterocycles. The van der Waals surface area contributed by atoms with Crippen molar-refractivity contribution in [1.29, 1.82) is 0 Å². The molecule has 1 heterocycles. The second-order valence-corrected chi connectivity index (χ2v) is 5.27. The third kappa shape index (κ3) is 3.86. The van der Waals surface area contributed by atoms with Crippen molar-refractivity contribution >= 4 is 5.69 Å². The molecule has 2 N–H and O–H groups in total.